The highest BCUT2D eigenvalue weighted by Gasteiger charge is 2.22. The predicted molar refractivity (Wildman–Crippen MR) is 84.6 cm³/mol. The molecule has 19 heavy (non-hydrogen) atoms. The Morgan fingerprint density at radius 3 is 2.53 bits per heavy atom. The molecule has 0 unspecified atom stereocenters. The zero-order chi connectivity index (χ0) is 13.2. The maximum absolute atomic E-state index is 3.63. The Kier molecular flexibility index (Phi) is 3.61. The van der Waals surface area contributed by atoms with Gasteiger partial charge in [0.1, 0.15) is 0 Å². The van der Waals surface area contributed by atoms with Gasteiger partial charge in [0.25, 0.3) is 0 Å². The first-order chi connectivity index (χ1) is 9.24. The molecule has 0 radical (unpaired) electrons. The van der Waals surface area contributed by atoms with Gasteiger partial charge < -0.3 is 5.32 Å². The van der Waals surface area contributed by atoms with Crippen LogP contribution in [0.2, 0.25) is 0 Å². The van der Waals surface area contributed by atoms with Crippen molar-refractivity contribution in [2.24, 2.45) is 0 Å². The molecule has 1 saturated carbocycles. The van der Waals surface area contributed by atoms with E-state index in [4.69, 9.17) is 0 Å². The molecule has 1 nitrogen and oxygen atoms in total. The van der Waals surface area contributed by atoms with Crippen molar-refractivity contribution in [3.05, 3.63) is 63.6 Å². The van der Waals surface area contributed by atoms with E-state index in [1.54, 1.807) is 0 Å². The Bertz CT molecular complexity index is 570. The minimum atomic E-state index is 0.841. The van der Waals surface area contributed by atoms with Crippen molar-refractivity contribution >= 4 is 21.6 Å². The summed E-state index contributed by atoms with van der Waals surface area (Å²) < 4.78 is 1.16. The maximum atomic E-state index is 3.63. The van der Waals surface area contributed by atoms with E-state index in [1.165, 1.54) is 29.5 Å². The molecule has 1 N–H and O–H groups in total. The van der Waals surface area contributed by atoms with Crippen molar-refractivity contribution < 1.29 is 0 Å². The highest BCUT2D eigenvalue weighted by Crippen LogP contribution is 2.39. The lowest BCUT2D eigenvalue weighted by Gasteiger charge is -2.10. The van der Waals surface area contributed by atoms with Crippen LogP contribution in [-0.4, -0.2) is 0 Å². The van der Waals surface area contributed by atoms with Crippen LogP contribution in [0.3, 0.4) is 0 Å². The molecule has 0 spiro atoms. The number of benzene rings is 2. The summed E-state index contributed by atoms with van der Waals surface area (Å²) in [6, 6.07) is 15.3. The van der Waals surface area contributed by atoms with Crippen LogP contribution >= 0.6 is 15.9 Å². The zero-order valence-electron chi connectivity index (χ0n) is 11.1. The molecule has 0 aromatic heterocycles. The van der Waals surface area contributed by atoms with Gasteiger partial charge in [0, 0.05) is 16.7 Å². The molecule has 2 heteroatoms. The van der Waals surface area contributed by atoms with Crippen molar-refractivity contribution in [2.75, 3.05) is 5.32 Å². The molecule has 0 saturated heterocycles. The molecule has 1 aliphatic carbocycles. The molecule has 1 aliphatic rings. The Morgan fingerprint density at radius 2 is 1.84 bits per heavy atom. The van der Waals surface area contributed by atoms with Gasteiger partial charge in [-0.25, -0.2) is 0 Å². The summed E-state index contributed by atoms with van der Waals surface area (Å²) in [6.45, 7) is 2.98. The average molecular weight is 316 g/mol. The van der Waals surface area contributed by atoms with E-state index in [2.05, 4.69) is 70.6 Å². The van der Waals surface area contributed by atoms with Gasteiger partial charge in [0.2, 0.25) is 0 Å². The Labute approximate surface area is 123 Å². The summed E-state index contributed by atoms with van der Waals surface area (Å²) >= 11 is 3.63. The minimum Gasteiger partial charge on any atom is -0.380 e. The van der Waals surface area contributed by atoms with Gasteiger partial charge in [0.05, 0.1) is 0 Å². The van der Waals surface area contributed by atoms with Crippen molar-refractivity contribution in [1.29, 1.82) is 0 Å². The monoisotopic (exact) mass is 315 g/mol. The first-order valence-corrected chi connectivity index (χ1v) is 7.61. The zero-order valence-corrected chi connectivity index (χ0v) is 12.7. The standard InChI is InChI=1S/C17H18BrN/c1-12-3-2-4-16(17(12)18)19-11-13-5-7-14(8-6-13)15-9-10-15/h2-8,15,19H,9-11H2,1H3. The van der Waals surface area contributed by atoms with E-state index in [-0.39, 0.29) is 0 Å². The average Bonchev–Trinajstić information content (AvgIpc) is 3.26. The van der Waals surface area contributed by atoms with Gasteiger partial charge >= 0.3 is 0 Å². The molecule has 0 atom stereocenters. The summed E-state index contributed by atoms with van der Waals surface area (Å²) in [7, 11) is 0. The van der Waals surface area contributed by atoms with Crippen LogP contribution in [0.25, 0.3) is 0 Å². The molecule has 1 fully saturated rings. The summed E-state index contributed by atoms with van der Waals surface area (Å²) in [6.07, 6.45) is 2.74. The molecule has 98 valence electrons. The number of nitrogens with one attached hydrogen (secondary N) is 1. The second-order valence-electron chi connectivity index (χ2n) is 5.31. The van der Waals surface area contributed by atoms with Crippen molar-refractivity contribution in [3.8, 4) is 0 Å². The maximum Gasteiger partial charge on any atom is 0.0490 e. The van der Waals surface area contributed by atoms with E-state index in [0.717, 1.165) is 22.6 Å². The Morgan fingerprint density at radius 1 is 1.11 bits per heavy atom. The molecular weight excluding hydrogens is 298 g/mol. The Hall–Kier alpha value is -1.28. The number of halogens is 1. The van der Waals surface area contributed by atoms with E-state index in [1.807, 2.05) is 0 Å². The minimum absolute atomic E-state index is 0.841. The van der Waals surface area contributed by atoms with Crippen LogP contribution in [0.15, 0.2) is 46.9 Å². The van der Waals surface area contributed by atoms with Crippen LogP contribution in [-0.2, 0) is 6.54 Å². The summed E-state index contributed by atoms with van der Waals surface area (Å²) in [5, 5.41) is 3.49. The van der Waals surface area contributed by atoms with Crippen LogP contribution in [0, 0.1) is 6.92 Å². The molecule has 0 aliphatic heterocycles. The third-order valence-electron chi connectivity index (χ3n) is 3.70. The molecule has 0 amide bonds. The topological polar surface area (TPSA) is 12.0 Å². The second kappa shape index (κ2) is 5.38. The van der Waals surface area contributed by atoms with E-state index in [0.29, 0.717) is 0 Å². The van der Waals surface area contributed by atoms with Gasteiger partial charge in [-0.3, -0.25) is 0 Å². The van der Waals surface area contributed by atoms with E-state index in [9.17, 15) is 0 Å². The third-order valence-corrected chi connectivity index (χ3v) is 4.76. The van der Waals surface area contributed by atoms with Gasteiger partial charge in [-0.15, -0.1) is 0 Å². The normalized spacial score (nSPS) is 14.4. The van der Waals surface area contributed by atoms with Crippen molar-refractivity contribution in [1.82, 2.24) is 0 Å². The number of hydrogen-bond acceptors (Lipinski definition) is 1. The first kappa shape index (κ1) is 12.7. The molecular formula is C17H18BrN. The third kappa shape index (κ3) is 3.01. The largest absolute Gasteiger partial charge is 0.380 e. The van der Waals surface area contributed by atoms with Gasteiger partial charge in [-0.05, 0) is 64.4 Å². The highest BCUT2D eigenvalue weighted by molar-refractivity contribution is 9.10. The van der Waals surface area contributed by atoms with Crippen LogP contribution in [0.1, 0.15) is 35.4 Å². The smallest absolute Gasteiger partial charge is 0.0490 e. The van der Waals surface area contributed by atoms with Gasteiger partial charge in [0.15, 0.2) is 0 Å². The molecule has 0 heterocycles. The predicted octanol–water partition coefficient (Wildman–Crippen LogP) is 5.25. The summed E-state index contributed by atoms with van der Waals surface area (Å²) in [4.78, 5) is 0. The Balaban J connectivity index is 1.66. The SMILES string of the molecule is Cc1cccc(NCc2ccc(C3CC3)cc2)c1Br. The van der Waals surface area contributed by atoms with Gasteiger partial charge in [-0.2, -0.15) is 0 Å². The van der Waals surface area contributed by atoms with Gasteiger partial charge in [-0.1, -0.05) is 36.4 Å². The number of rotatable bonds is 4. The number of hydrogen-bond donors (Lipinski definition) is 1. The molecule has 0 bridgehead atoms. The fourth-order valence-electron chi connectivity index (χ4n) is 2.31. The quantitative estimate of drug-likeness (QED) is 0.812. The molecule has 2 aromatic rings. The second-order valence-corrected chi connectivity index (χ2v) is 6.10. The van der Waals surface area contributed by atoms with E-state index < -0.39 is 0 Å². The van der Waals surface area contributed by atoms with Crippen molar-refractivity contribution in [3.63, 3.8) is 0 Å². The van der Waals surface area contributed by atoms with Crippen molar-refractivity contribution in [2.45, 2.75) is 32.2 Å². The lowest BCUT2D eigenvalue weighted by atomic mass is 10.1. The van der Waals surface area contributed by atoms with Crippen LogP contribution < -0.4 is 5.32 Å². The lowest BCUT2D eigenvalue weighted by molar-refractivity contribution is 1.10. The lowest BCUT2D eigenvalue weighted by Crippen LogP contribution is -2.00. The molecule has 2 aromatic carbocycles. The van der Waals surface area contributed by atoms with Crippen LogP contribution in [0.4, 0.5) is 5.69 Å². The summed E-state index contributed by atoms with van der Waals surface area (Å²) in [5.74, 6) is 0.841. The van der Waals surface area contributed by atoms with Crippen LogP contribution in [0.5, 0.6) is 0 Å². The first-order valence-electron chi connectivity index (χ1n) is 6.82. The summed E-state index contributed by atoms with van der Waals surface area (Å²) in [5.41, 5.74) is 5.25. The fraction of sp³-hybridized carbons (Fsp3) is 0.294. The number of aryl methyl sites for hydroxylation is 1. The number of anilines is 1. The van der Waals surface area contributed by atoms with E-state index >= 15 is 0 Å². The molecule has 3 rings (SSSR count). The highest BCUT2D eigenvalue weighted by atomic mass is 79.9. The fourth-order valence-corrected chi connectivity index (χ4v) is 2.71.